The average molecular weight is 274 g/mol. The number of aromatic nitrogens is 1. The molecule has 0 aliphatic heterocycles. The van der Waals surface area contributed by atoms with Crippen molar-refractivity contribution in [3.63, 3.8) is 0 Å². The molecule has 0 aliphatic carbocycles. The number of aryl methyl sites for hydroxylation is 1. The van der Waals surface area contributed by atoms with Gasteiger partial charge in [-0.3, -0.25) is 0 Å². The van der Waals surface area contributed by atoms with E-state index in [4.69, 9.17) is 5.11 Å². The van der Waals surface area contributed by atoms with Crippen LogP contribution in [-0.4, -0.2) is 16.1 Å². The molecule has 0 fully saturated rings. The quantitative estimate of drug-likeness (QED) is 0.895. The Hall–Kier alpha value is -2.43. The van der Waals surface area contributed by atoms with Gasteiger partial charge in [-0.2, -0.15) is 0 Å². The van der Waals surface area contributed by atoms with Gasteiger partial charge in [0.25, 0.3) is 0 Å². The molecule has 2 rings (SSSR count). The maximum atomic E-state index is 13.5. The van der Waals surface area contributed by atoms with Crippen molar-refractivity contribution in [2.45, 2.75) is 20.3 Å². The van der Waals surface area contributed by atoms with Gasteiger partial charge < -0.3 is 10.4 Å². The van der Waals surface area contributed by atoms with Gasteiger partial charge >= 0.3 is 5.97 Å². The number of nitrogens with one attached hydrogen (secondary N) is 1. The van der Waals surface area contributed by atoms with E-state index in [0.717, 1.165) is 0 Å². The Morgan fingerprint density at radius 2 is 2.15 bits per heavy atom. The number of pyridine rings is 1. The van der Waals surface area contributed by atoms with E-state index in [1.54, 1.807) is 19.1 Å². The molecule has 0 unspecified atom stereocenters. The molecule has 0 saturated heterocycles. The molecule has 0 atom stereocenters. The largest absolute Gasteiger partial charge is 0.478 e. The number of carboxylic acid groups (broad SMARTS) is 1. The highest BCUT2D eigenvalue weighted by molar-refractivity contribution is 5.88. The number of rotatable bonds is 4. The molecule has 0 bridgehead atoms. The number of nitrogens with zero attached hydrogens (tertiary/aromatic N) is 1. The zero-order valence-corrected chi connectivity index (χ0v) is 11.3. The average Bonchev–Trinajstić information content (AvgIpc) is 2.43. The third kappa shape index (κ3) is 2.93. The van der Waals surface area contributed by atoms with Crippen molar-refractivity contribution >= 4 is 17.5 Å². The monoisotopic (exact) mass is 274 g/mol. The highest BCUT2D eigenvalue weighted by Gasteiger charge is 2.09. The summed E-state index contributed by atoms with van der Waals surface area (Å²) in [6.07, 6.45) is 0.623. The summed E-state index contributed by atoms with van der Waals surface area (Å²) < 4.78 is 13.5. The molecule has 0 spiro atoms. The molecule has 1 heterocycles. The standard InChI is InChI=1S/C15H15FN2O2/c1-3-11-7-10(15(19)20)8-14(17-11)18-13-6-4-5-12(16)9(13)2/h4-8H,3H2,1-2H3,(H,17,18)(H,19,20). The van der Waals surface area contributed by atoms with Crippen LogP contribution in [0, 0.1) is 12.7 Å². The molecule has 0 aliphatic rings. The van der Waals surface area contributed by atoms with Gasteiger partial charge in [-0.25, -0.2) is 14.2 Å². The molecule has 2 N–H and O–H groups in total. The number of anilines is 2. The minimum Gasteiger partial charge on any atom is -0.478 e. The van der Waals surface area contributed by atoms with Gasteiger partial charge in [0.15, 0.2) is 0 Å². The SMILES string of the molecule is CCc1cc(C(=O)O)cc(Nc2cccc(F)c2C)n1. The molecule has 1 aromatic carbocycles. The van der Waals surface area contributed by atoms with Gasteiger partial charge in [-0.1, -0.05) is 13.0 Å². The topological polar surface area (TPSA) is 62.2 Å². The van der Waals surface area contributed by atoms with Crippen LogP contribution >= 0.6 is 0 Å². The van der Waals surface area contributed by atoms with Crippen molar-refractivity contribution in [3.8, 4) is 0 Å². The van der Waals surface area contributed by atoms with Crippen LogP contribution in [0.3, 0.4) is 0 Å². The van der Waals surface area contributed by atoms with Crippen LogP contribution in [0.1, 0.15) is 28.5 Å². The van der Waals surface area contributed by atoms with E-state index >= 15 is 0 Å². The highest BCUT2D eigenvalue weighted by atomic mass is 19.1. The Morgan fingerprint density at radius 1 is 1.40 bits per heavy atom. The fourth-order valence-electron chi connectivity index (χ4n) is 1.84. The number of aromatic carboxylic acids is 1. The lowest BCUT2D eigenvalue weighted by atomic mass is 10.1. The Labute approximate surface area is 116 Å². The van der Waals surface area contributed by atoms with E-state index in [0.29, 0.717) is 29.2 Å². The number of carboxylic acids is 1. The summed E-state index contributed by atoms with van der Waals surface area (Å²) in [6, 6.07) is 7.66. The predicted molar refractivity (Wildman–Crippen MR) is 75.0 cm³/mol. The second kappa shape index (κ2) is 5.69. The molecule has 4 nitrogen and oxygen atoms in total. The Balaban J connectivity index is 2.40. The lowest BCUT2D eigenvalue weighted by Crippen LogP contribution is -2.04. The van der Waals surface area contributed by atoms with Crippen LogP contribution in [0.2, 0.25) is 0 Å². The van der Waals surface area contributed by atoms with Crippen LogP contribution in [0.25, 0.3) is 0 Å². The maximum Gasteiger partial charge on any atom is 0.335 e. The molecule has 20 heavy (non-hydrogen) atoms. The Kier molecular flexibility index (Phi) is 3.98. The first-order chi connectivity index (χ1) is 9.51. The van der Waals surface area contributed by atoms with Crippen molar-refractivity contribution in [1.82, 2.24) is 4.98 Å². The lowest BCUT2D eigenvalue weighted by Gasteiger charge is -2.11. The van der Waals surface area contributed by atoms with Crippen molar-refractivity contribution in [3.05, 3.63) is 53.0 Å². The molecule has 0 radical (unpaired) electrons. The number of carbonyl (C=O) groups is 1. The second-order valence-electron chi connectivity index (χ2n) is 4.43. The molecule has 0 amide bonds. The van der Waals surface area contributed by atoms with Gasteiger partial charge in [0.1, 0.15) is 11.6 Å². The molecule has 2 aromatic rings. The Bertz CT molecular complexity index is 656. The van der Waals surface area contributed by atoms with Crippen LogP contribution in [0.5, 0.6) is 0 Å². The molecule has 0 saturated carbocycles. The summed E-state index contributed by atoms with van der Waals surface area (Å²) in [4.78, 5) is 15.4. The number of benzene rings is 1. The van der Waals surface area contributed by atoms with Crippen LogP contribution in [0.4, 0.5) is 15.9 Å². The van der Waals surface area contributed by atoms with Gasteiger partial charge in [-0.05, 0) is 37.6 Å². The molecule has 1 aromatic heterocycles. The fraction of sp³-hybridized carbons (Fsp3) is 0.200. The first kappa shape index (κ1) is 14.0. The second-order valence-corrected chi connectivity index (χ2v) is 4.43. The van der Waals surface area contributed by atoms with Gasteiger partial charge in [0.2, 0.25) is 0 Å². The molecular formula is C15H15FN2O2. The van der Waals surface area contributed by atoms with E-state index < -0.39 is 5.97 Å². The first-order valence-corrected chi connectivity index (χ1v) is 6.27. The van der Waals surface area contributed by atoms with Gasteiger partial charge in [0.05, 0.1) is 5.56 Å². The summed E-state index contributed by atoms with van der Waals surface area (Å²) >= 11 is 0. The highest BCUT2D eigenvalue weighted by Crippen LogP contribution is 2.22. The number of hydrogen-bond acceptors (Lipinski definition) is 3. The fourth-order valence-corrected chi connectivity index (χ4v) is 1.84. The normalized spacial score (nSPS) is 10.3. The summed E-state index contributed by atoms with van der Waals surface area (Å²) in [6.45, 7) is 3.55. The third-order valence-corrected chi connectivity index (χ3v) is 3.02. The van der Waals surface area contributed by atoms with Crippen molar-refractivity contribution in [2.24, 2.45) is 0 Å². The molecule has 5 heteroatoms. The molecule has 104 valence electrons. The van der Waals surface area contributed by atoms with Crippen LogP contribution in [0.15, 0.2) is 30.3 Å². The van der Waals surface area contributed by atoms with Crippen LogP contribution < -0.4 is 5.32 Å². The number of halogens is 1. The zero-order chi connectivity index (χ0) is 14.7. The van der Waals surface area contributed by atoms with E-state index in [9.17, 15) is 9.18 Å². The van der Waals surface area contributed by atoms with E-state index in [1.165, 1.54) is 18.2 Å². The van der Waals surface area contributed by atoms with E-state index in [2.05, 4.69) is 10.3 Å². The first-order valence-electron chi connectivity index (χ1n) is 6.27. The summed E-state index contributed by atoms with van der Waals surface area (Å²) in [5.41, 5.74) is 1.87. The third-order valence-electron chi connectivity index (χ3n) is 3.02. The van der Waals surface area contributed by atoms with Crippen molar-refractivity contribution in [2.75, 3.05) is 5.32 Å². The summed E-state index contributed by atoms with van der Waals surface area (Å²) in [7, 11) is 0. The predicted octanol–water partition coefficient (Wildman–Crippen LogP) is 3.53. The molecular weight excluding hydrogens is 259 g/mol. The smallest absolute Gasteiger partial charge is 0.335 e. The van der Waals surface area contributed by atoms with Crippen molar-refractivity contribution < 1.29 is 14.3 Å². The van der Waals surface area contributed by atoms with Crippen molar-refractivity contribution in [1.29, 1.82) is 0 Å². The Morgan fingerprint density at radius 3 is 2.80 bits per heavy atom. The number of hydrogen-bond donors (Lipinski definition) is 2. The van der Waals surface area contributed by atoms with E-state index in [1.807, 2.05) is 6.92 Å². The lowest BCUT2D eigenvalue weighted by molar-refractivity contribution is 0.0696. The van der Waals surface area contributed by atoms with E-state index in [-0.39, 0.29) is 11.4 Å². The summed E-state index contributed by atoms with van der Waals surface area (Å²) in [5, 5.41) is 12.0. The maximum absolute atomic E-state index is 13.5. The van der Waals surface area contributed by atoms with Gasteiger partial charge in [0, 0.05) is 16.9 Å². The zero-order valence-electron chi connectivity index (χ0n) is 11.3. The summed E-state index contributed by atoms with van der Waals surface area (Å²) in [5.74, 6) is -0.934. The van der Waals surface area contributed by atoms with Gasteiger partial charge in [-0.15, -0.1) is 0 Å². The minimum absolute atomic E-state index is 0.161. The van der Waals surface area contributed by atoms with Crippen LogP contribution in [-0.2, 0) is 6.42 Å². The minimum atomic E-state index is -1.01.